The average Bonchev–Trinajstić information content (AvgIpc) is 3.91. The summed E-state index contributed by atoms with van der Waals surface area (Å²) in [7, 11) is 0. The zero-order valence-electron chi connectivity index (χ0n) is 34.5. The molecule has 0 N–H and O–H groups in total. The number of hydrogen-bond acceptors (Lipinski definition) is 4. The van der Waals surface area contributed by atoms with Crippen molar-refractivity contribution < 1.29 is 0 Å². The van der Waals surface area contributed by atoms with Gasteiger partial charge in [0.15, 0.2) is 17.5 Å². The highest BCUT2D eigenvalue weighted by Crippen LogP contribution is 2.41. The predicted molar refractivity (Wildman–Crippen MR) is 269 cm³/mol. The first-order valence-corrected chi connectivity index (χ1v) is 22.4. The Hall–Kier alpha value is -8.25. The molecule has 0 bridgehead atoms. The van der Waals surface area contributed by atoms with Gasteiger partial charge in [0.05, 0.1) is 16.7 Å². The van der Waals surface area contributed by atoms with Crippen molar-refractivity contribution in [1.82, 2.24) is 19.5 Å². The van der Waals surface area contributed by atoms with Gasteiger partial charge in [-0.1, -0.05) is 176 Å². The minimum absolute atomic E-state index is 0.609. The summed E-state index contributed by atoms with van der Waals surface area (Å²) in [6.07, 6.45) is 0. The Labute approximate surface area is 373 Å². The number of aromatic nitrogens is 4. The third kappa shape index (κ3) is 5.93. The lowest BCUT2D eigenvalue weighted by Crippen LogP contribution is -2.02. The fourth-order valence-corrected chi connectivity index (χ4v) is 10.7. The number of thiophene rings is 1. The third-order valence-corrected chi connectivity index (χ3v) is 13.8. The Morgan fingerprint density at radius 3 is 1.61 bits per heavy atom. The Morgan fingerprint density at radius 2 is 0.844 bits per heavy atom. The van der Waals surface area contributed by atoms with E-state index in [0.29, 0.717) is 17.5 Å². The highest BCUT2D eigenvalue weighted by atomic mass is 32.1. The Morgan fingerprint density at radius 1 is 0.297 bits per heavy atom. The van der Waals surface area contributed by atoms with Gasteiger partial charge in [0.2, 0.25) is 0 Å². The van der Waals surface area contributed by atoms with Crippen LogP contribution in [-0.4, -0.2) is 19.5 Å². The molecule has 0 fully saturated rings. The second kappa shape index (κ2) is 14.7. The summed E-state index contributed by atoms with van der Waals surface area (Å²) in [4.78, 5) is 16.0. The van der Waals surface area contributed by atoms with Crippen molar-refractivity contribution in [2.75, 3.05) is 0 Å². The van der Waals surface area contributed by atoms with Crippen LogP contribution in [0.4, 0.5) is 0 Å². The first-order valence-electron chi connectivity index (χ1n) is 21.6. The van der Waals surface area contributed by atoms with Gasteiger partial charge in [-0.2, -0.15) is 0 Å². The van der Waals surface area contributed by atoms with Crippen molar-refractivity contribution in [2.45, 2.75) is 0 Å². The molecule has 0 spiro atoms. The molecular formula is C59H36N4S. The van der Waals surface area contributed by atoms with Gasteiger partial charge < -0.3 is 4.57 Å². The molecule has 0 unspecified atom stereocenters. The van der Waals surface area contributed by atoms with Gasteiger partial charge >= 0.3 is 0 Å². The van der Waals surface area contributed by atoms with Gasteiger partial charge in [0.1, 0.15) is 0 Å². The molecule has 13 aromatic rings. The van der Waals surface area contributed by atoms with Gasteiger partial charge in [0, 0.05) is 53.2 Å². The van der Waals surface area contributed by atoms with Crippen LogP contribution in [0, 0.1) is 0 Å². The molecule has 0 aliphatic carbocycles. The summed E-state index contributed by atoms with van der Waals surface area (Å²) >= 11 is 1.84. The van der Waals surface area contributed by atoms with E-state index in [0.717, 1.165) is 60.9 Å². The van der Waals surface area contributed by atoms with Crippen molar-refractivity contribution in [3.05, 3.63) is 218 Å². The lowest BCUT2D eigenvalue weighted by Gasteiger charge is -2.17. The topological polar surface area (TPSA) is 43.6 Å². The van der Waals surface area contributed by atoms with Gasteiger partial charge in [-0.25, -0.2) is 15.0 Å². The van der Waals surface area contributed by atoms with E-state index >= 15 is 0 Å². The van der Waals surface area contributed by atoms with E-state index in [1.165, 1.54) is 47.3 Å². The zero-order valence-corrected chi connectivity index (χ0v) is 35.3. The number of para-hydroxylation sites is 2. The lowest BCUT2D eigenvalue weighted by atomic mass is 9.96. The molecule has 298 valence electrons. The van der Waals surface area contributed by atoms with Crippen LogP contribution in [0.1, 0.15) is 0 Å². The first-order chi connectivity index (χ1) is 31.7. The molecule has 0 aliphatic heterocycles. The van der Waals surface area contributed by atoms with Crippen LogP contribution in [0.5, 0.6) is 0 Å². The minimum Gasteiger partial charge on any atom is -0.309 e. The highest BCUT2D eigenvalue weighted by molar-refractivity contribution is 7.25. The van der Waals surface area contributed by atoms with Gasteiger partial charge in [-0.3, -0.25) is 0 Å². The summed E-state index contributed by atoms with van der Waals surface area (Å²) < 4.78 is 5.00. The minimum atomic E-state index is 0.609. The normalized spacial score (nSPS) is 11.8. The SMILES string of the molecule is c1ccc(-c2ccc(-c3nc(-c4ccc(-c5ccc6sc7ccccc7c6c5)cc4)nc(-c4cc5ccccc5c5ccccc45)n3)cc2-n2c3ccccc3c3ccccc32)cc1. The van der Waals surface area contributed by atoms with E-state index in [2.05, 4.69) is 223 Å². The quantitative estimate of drug-likeness (QED) is 0.157. The highest BCUT2D eigenvalue weighted by Gasteiger charge is 2.20. The molecule has 0 saturated carbocycles. The summed E-state index contributed by atoms with van der Waals surface area (Å²) in [5.41, 5.74) is 10.7. The Balaban J connectivity index is 1.02. The van der Waals surface area contributed by atoms with Crippen LogP contribution >= 0.6 is 11.3 Å². The average molecular weight is 833 g/mol. The third-order valence-electron chi connectivity index (χ3n) is 12.7. The fourth-order valence-electron chi connectivity index (χ4n) is 9.61. The largest absolute Gasteiger partial charge is 0.309 e. The molecule has 5 heteroatoms. The van der Waals surface area contributed by atoms with Crippen LogP contribution in [0.25, 0.3) is 126 Å². The summed E-state index contributed by atoms with van der Waals surface area (Å²) in [5.74, 6) is 1.86. The van der Waals surface area contributed by atoms with Crippen LogP contribution < -0.4 is 0 Å². The summed E-state index contributed by atoms with van der Waals surface area (Å²) in [5, 5.41) is 9.61. The molecule has 0 amide bonds. The number of rotatable bonds is 6. The van der Waals surface area contributed by atoms with E-state index in [9.17, 15) is 0 Å². The molecule has 3 heterocycles. The molecule has 64 heavy (non-hydrogen) atoms. The lowest BCUT2D eigenvalue weighted by molar-refractivity contribution is 1.07. The smallest absolute Gasteiger partial charge is 0.164 e. The maximum Gasteiger partial charge on any atom is 0.164 e. The predicted octanol–water partition coefficient (Wildman–Crippen LogP) is 16.0. The van der Waals surface area contributed by atoms with Crippen LogP contribution in [0.2, 0.25) is 0 Å². The number of hydrogen-bond donors (Lipinski definition) is 0. The monoisotopic (exact) mass is 832 g/mol. The molecule has 0 radical (unpaired) electrons. The first kappa shape index (κ1) is 36.4. The summed E-state index contributed by atoms with van der Waals surface area (Å²) in [6, 6.07) is 78.1. The van der Waals surface area contributed by atoms with E-state index in [1.807, 2.05) is 11.3 Å². The van der Waals surface area contributed by atoms with Crippen molar-refractivity contribution in [1.29, 1.82) is 0 Å². The molecule has 3 aromatic heterocycles. The zero-order chi connectivity index (χ0) is 42.1. The van der Waals surface area contributed by atoms with Crippen LogP contribution in [-0.2, 0) is 0 Å². The van der Waals surface area contributed by atoms with Crippen molar-refractivity contribution in [2.24, 2.45) is 0 Å². The van der Waals surface area contributed by atoms with Gasteiger partial charge in [0.25, 0.3) is 0 Å². The van der Waals surface area contributed by atoms with Gasteiger partial charge in [-0.15, -0.1) is 11.3 Å². The Bertz CT molecular complexity index is 3900. The Kier molecular flexibility index (Phi) is 8.36. The van der Waals surface area contributed by atoms with Gasteiger partial charge in [-0.05, 0) is 80.7 Å². The fraction of sp³-hybridized carbons (Fsp3) is 0. The molecule has 0 atom stereocenters. The van der Waals surface area contributed by atoms with Crippen molar-refractivity contribution in [3.8, 4) is 62.1 Å². The number of benzene rings is 10. The maximum atomic E-state index is 5.39. The van der Waals surface area contributed by atoms with E-state index in [-0.39, 0.29) is 0 Å². The molecule has 0 aliphatic rings. The second-order valence-corrected chi connectivity index (χ2v) is 17.4. The van der Waals surface area contributed by atoms with E-state index in [1.54, 1.807) is 0 Å². The number of fused-ring (bicyclic) bond motifs is 9. The van der Waals surface area contributed by atoms with Crippen molar-refractivity contribution in [3.63, 3.8) is 0 Å². The second-order valence-electron chi connectivity index (χ2n) is 16.4. The molecule has 13 rings (SSSR count). The molecule has 0 saturated heterocycles. The standard InChI is InChI=1S/C59H36N4S/c1-2-14-38(15-3-1)44-32-30-42(36-54(44)63-52-23-11-8-20-47(52)48-21-9-12-24-53(48)63)58-60-57(61-59(62-58)51-35-41-16-4-5-17-43(41)45-18-6-7-19-46(45)51)39-28-26-37(27-29-39)40-31-33-56-50(34-40)49-22-10-13-25-55(49)64-56/h1-36H. The maximum absolute atomic E-state index is 5.39. The molecule has 4 nitrogen and oxygen atoms in total. The van der Waals surface area contributed by atoms with Crippen LogP contribution in [0.3, 0.4) is 0 Å². The molecule has 10 aromatic carbocycles. The van der Waals surface area contributed by atoms with E-state index < -0.39 is 0 Å². The summed E-state index contributed by atoms with van der Waals surface area (Å²) in [6.45, 7) is 0. The van der Waals surface area contributed by atoms with Crippen LogP contribution in [0.15, 0.2) is 218 Å². The van der Waals surface area contributed by atoms with Crippen molar-refractivity contribution >= 4 is 74.9 Å². The molecular weight excluding hydrogens is 797 g/mol. The number of nitrogens with zero attached hydrogens (tertiary/aromatic N) is 4. The van der Waals surface area contributed by atoms with E-state index in [4.69, 9.17) is 15.0 Å².